The van der Waals surface area contributed by atoms with Gasteiger partial charge in [0.05, 0.1) is 31.4 Å². The summed E-state index contributed by atoms with van der Waals surface area (Å²) in [5.41, 5.74) is 16.7. The molecule has 2 aliphatic heterocycles. The molecule has 17 heteroatoms. The summed E-state index contributed by atoms with van der Waals surface area (Å²) in [6, 6.07) is -1.91. The minimum absolute atomic E-state index is 0.0404. The molecule has 15 nitrogen and oxygen atoms in total. The molecule has 3 rings (SSSR count). The predicted molar refractivity (Wildman–Crippen MR) is 130 cm³/mol. The number of carbonyl (C=O) groups excluding carboxylic acids is 1. The van der Waals surface area contributed by atoms with Gasteiger partial charge in [0.2, 0.25) is 0 Å². The molecule has 0 bridgehead atoms. The number of hydrogen-bond donors (Lipinski definition) is 10. The molecule has 0 aromatic carbocycles. The molecule has 0 unspecified atom stereocenters. The van der Waals surface area contributed by atoms with Crippen LogP contribution < -0.4 is 22.5 Å². The van der Waals surface area contributed by atoms with Crippen LogP contribution in [0, 0.1) is 11.8 Å². The number of ether oxygens (including phenoxy) is 4. The van der Waals surface area contributed by atoms with E-state index in [2.05, 4.69) is 5.32 Å². The van der Waals surface area contributed by atoms with E-state index < -0.39 is 116 Å². The van der Waals surface area contributed by atoms with Crippen LogP contribution in [0.5, 0.6) is 0 Å². The largest absolute Gasteiger partial charge is 0.394 e. The minimum Gasteiger partial charge on any atom is -0.394 e. The molecule has 3 aliphatic rings. The van der Waals surface area contributed by atoms with Gasteiger partial charge in [0, 0.05) is 24.4 Å². The Labute approximate surface area is 229 Å². The highest BCUT2D eigenvalue weighted by Gasteiger charge is 2.53. The Morgan fingerprint density at radius 1 is 0.975 bits per heavy atom. The van der Waals surface area contributed by atoms with Gasteiger partial charge in [-0.05, 0) is 6.42 Å². The first-order valence-electron chi connectivity index (χ1n) is 13.1. The summed E-state index contributed by atoms with van der Waals surface area (Å²) in [6.07, 6.45) is -15.5. The van der Waals surface area contributed by atoms with Crippen molar-refractivity contribution < 1.29 is 63.2 Å². The number of carbonyl (C=O) groups is 1. The number of nitrogens with two attached hydrogens (primary N) is 3. The third kappa shape index (κ3) is 6.72. The first-order valence-corrected chi connectivity index (χ1v) is 13.1. The van der Waals surface area contributed by atoms with Crippen molar-refractivity contribution in [3.8, 4) is 0 Å². The molecule has 1 saturated carbocycles. The van der Waals surface area contributed by atoms with E-state index in [1.54, 1.807) is 13.8 Å². The average molecular weight is 589 g/mol. The van der Waals surface area contributed by atoms with Gasteiger partial charge in [0.25, 0.3) is 11.8 Å². The van der Waals surface area contributed by atoms with E-state index in [4.69, 9.17) is 36.1 Å². The van der Waals surface area contributed by atoms with E-state index in [1.807, 2.05) is 0 Å². The number of rotatable bonds is 10. The number of nitrogens with one attached hydrogen (secondary N) is 1. The van der Waals surface area contributed by atoms with E-state index in [0.29, 0.717) is 0 Å². The summed E-state index contributed by atoms with van der Waals surface area (Å²) in [5, 5.41) is 64.1. The van der Waals surface area contributed by atoms with E-state index in [0.717, 1.165) is 0 Å². The Hall–Kier alpha value is -1.19. The van der Waals surface area contributed by atoms with Crippen LogP contribution in [0.2, 0.25) is 0 Å². The van der Waals surface area contributed by atoms with Crippen LogP contribution in [0.1, 0.15) is 20.3 Å². The molecule has 0 aromatic rings. The van der Waals surface area contributed by atoms with Crippen molar-refractivity contribution in [1.29, 1.82) is 0 Å². The second-order valence-corrected chi connectivity index (χ2v) is 10.8. The zero-order valence-corrected chi connectivity index (χ0v) is 22.2. The van der Waals surface area contributed by atoms with Gasteiger partial charge >= 0.3 is 0 Å². The molecule has 3 fully saturated rings. The Morgan fingerprint density at radius 2 is 1.57 bits per heavy atom. The van der Waals surface area contributed by atoms with Gasteiger partial charge in [0.15, 0.2) is 18.7 Å². The summed E-state index contributed by atoms with van der Waals surface area (Å²) < 4.78 is 50.4. The van der Waals surface area contributed by atoms with Crippen LogP contribution in [0.25, 0.3) is 0 Å². The van der Waals surface area contributed by atoms with Crippen LogP contribution in [0.15, 0.2) is 0 Å². The van der Waals surface area contributed by atoms with Crippen molar-refractivity contribution in [2.45, 2.75) is 106 Å². The van der Waals surface area contributed by atoms with E-state index in [1.165, 1.54) is 0 Å². The Balaban J connectivity index is 1.71. The second kappa shape index (κ2) is 13.4. The van der Waals surface area contributed by atoms with Crippen molar-refractivity contribution in [2.75, 3.05) is 19.7 Å². The Kier molecular flexibility index (Phi) is 11.2. The number of amides is 1. The molecule has 2 saturated heterocycles. The minimum atomic E-state index is -3.90. The first-order chi connectivity index (χ1) is 18.7. The fourth-order valence-electron chi connectivity index (χ4n) is 5.21. The lowest BCUT2D eigenvalue weighted by Crippen LogP contribution is -2.63. The van der Waals surface area contributed by atoms with Crippen molar-refractivity contribution in [3.63, 3.8) is 0 Å². The molecule has 1 amide bonds. The summed E-state index contributed by atoms with van der Waals surface area (Å²) in [6.45, 7) is 1.15. The smallest absolute Gasteiger partial charge is 0.294 e. The lowest BCUT2D eigenvalue weighted by Gasteiger charge is -2.44. The van der Waals surface area contributed by atoms with Crippen LogP contribution in [-0.2, 0) is 23.7 Å². The molecule has 40 heavy (non-hydrogen) atoms. The van der Waals surface area contributed by atoms with Gasteiger partial charge in [-0.3, -0.25) is 4.79 Å². The summed E-state index contributed by atoms with van der Waals surface area (Å²) >= 11 is 0. The maximum Gasteiger partial charge on any atom is 0.294 e. The van der Waals surface area contributed by atoms with Crippen LogP contribution in [0.4, 0.5) is 8.78 Å². The lowest BCUT2D eigenvalue weighted by atomic mass is 9.78. The first kappa shape index (κ1) is 33.3. The summed E-state index contributed by atoms with van der Waals surface area (Å²) in [5.74, 6) is -6.70. The highest BCUT2D eigenvalue weighted by Crippen LogP contribution is 2.35. The zero-order chi connectivity index (χ0) is 30.1. The quantitative estimate of drug-likeness (QED) is 0.115. The monoisotopic (exact) mass is 588 g/mol. The molecule has 15 atom stereocenters. The highest BCUT2D eigenvalue weighted by molar-refractivity contribution is 5.82. The number of aliphatic hydroxyl groups is 6. The van der Waals surface area contributed by atoms with Crippen LogP contribution >= 0.6 is 0 Å². The maximum atomic E-state index is 13.7. The predicted octanol–water partition coefficient (Wildman–Crippen LogP) is -4.96. The summed E-state index contributed by atoms with van der Waals surface area (Å²) in [4.78, 5) is 12.2. The van der Waals surface area contributed by atoms with Crippen LogP contribution in [-0.4, -0.2) is 142 Å². The van der Waals surface area contributed by atoms with Crippen LogP contribution in [0.3, 0.4) is 0 Å². The number of halogens is 2. The van der Waals surface area contributed by atoms with Crippen molar-refractivity contribution in [3.05, 3.63) is 0 Å². The van der Waals surface area contributed by atoms with Gasteiger partial charge in [-0.1, -0.05) is 13.8 Å². The van der Waals surface area contributed by atoms with Crippen molar-refractivity contribution in [2.24, 2.45) is 29.0 Å². The van der Waals surface area contributed by atoms with E-state index >= 15 is 0 Å². The fraction of sp³-hybridized carbons (Fsp3) is 0.957. The fourth-order valence-corrected chi connectivity index (χ4v) is 5.21. The lowest BCUT2D eigenvalue weighted by molar-refractivity contribution is -0.296. The number of hydrogen-bond acceptors (Lipinski definition) is 14. The molecule has 0 radical (unpaired) electrons. The molecule has 2 heterocycles. The maximum absolute atomic E-state index is 13.7. The topological polar surface area (TPSA) is 265 Å². The molecule has 0 spiro atoms. The summed E-state index contributed by atoms with van der Waals surface area (Å²) in [7, 11) is 0. The van der Waals surface area contributed by atoms with Crippen molar-refractivity contribution in [1.82, 2.24) is 5.32 Å². The Morgan fingerprint density at radius 3 is 2.15 bits per heavy atom. The SMILES string of the molecule is C[C@H]1[C@@H](O[C@H]2[C@@H](O)[C@H](O[C@H]3[C@H](C)[C@@H](N)C[C@@H](NC(=O)[C@@H](O)C(F)(F)CN)[C@@H]3O)O[C@@H]2CO)O[C@@H](CN)[C@@H](O)[C@@H]1O. The molecule has 0 aromatic heterocycles. The van der Waals surface area contributed by atoms with Gasteiger partial charge in [-0.25, -0.2) is 8.78 Å². The van der Waals surface area contributed by atoms with Gasteiger partial charge in [-0.15, -0.1) is 0 Å². The van der Waals surface area contributed by atoms with E-state index in [9.17, 15) is 44.2 Å². The normalized spacial score (nSPS) is 45.3. The third-order valence-electron chi connectivity index (χ3n) is 8.01. The van der Waals surface area contributed by atoms with E-state index in [-0.39, 0.29) is 13.0 Å². The second-order valence-electron chi connectivity index (χ2n) is 10.8. The molecule has 234 valence electrons. The van der Waals surface area contributed by atoms with Gasteiger partial charge in [-0.2, -0.15) is 0 Å². The standard InChI is InChI=1S/C23H42F2N4O11/c1-7-9(28)3-10(29-20(36)19(35)23(24,25)6-27)14(32)17(7)39-22-16(34)18(12(5-30)38-22)40-21-8(2)13(31)15(33)11(4-26)37-21/h7-19,21-22,30-35H,3-6,26-28H2,1-2H3,(H,29,36)/t7-,8-,9+,10-,11+,12-,13-,14+,15-,16-,17+,18-,19-,21-,22+/m1/s1. The zero-order valence-electron chi connectivity index (χ0n) is 22.2. The van der Waals surface area contributed by atoms with Crippen molar-refractivity contribution >= 4 is 5.91 Å². The molecular weight excluding hydrogens is 546 g/mol. The van der Waals surface area contributed by atoms with Gasteiger partial charge < -0.3 is 72.1 Å². The highest BCUT2D eigenvalue weighted by atomic mass is 19.3. The number of aliphatic hydroxyl groups excluding tert-OH is 6. The third-order valence-corrected chi connectivity index (χ3v) is 8.01. The molecule has 1 aliphatic carbocycles. The number of alkyl halides is 2. The molecule has 13 N–H and O–H groups in total. The molecular formula is C23H42F2N4O11. The Bertz CT molecular complexity index is 849. The average Bonchev–Trinajstić information content (AvgIpc) is 3.22. The van der Waals surface area contributed by atoms with Gasteiger partial charge in [0.1, 0.15) is 36.6 Å².